The average molecular weight is 258 g/mol. The molecule has 0 radical (unpaired) electrons. The van der Waals surface area contributed by atoms with Crippen molar-refractivity contribution in [2.24, 2.45) is 11.8 Å². The van der Waals surface area contributed by atoms with Gasteiger partial charge in [0.15, 0.2) is 0 Å². The first-order valence-electron chi connectivity index (χ1n) is 7.70. The Morgan fingerprint density at radius 1 is 1.26 bits per heavy atom. The van der Waals surface area contributed by atoms with Gasteiger partial charge >= 0.3 is 0 Å². The Kier molecular flexibility index (Phi) is 3.64. The van der Waals surface area contributed by atoms with Gasteiger partial charge in [-0.15, -0.1) is 0 Å². The van der Waals surface area contributed by atoms with Gasteiger partial charge in [-0.25, -0.2) is 0 Å². The van der Waals surface area contributed by atoms with Gasteiger partial charge in [0.25, 0.3) is 0 Å². The van der Waals surface area contributed by atoms with Crippen molar-refractivity contribution >= 4 is 0 Å². The van der Waals surface area contributed by atoms with Gasteiger partial charge in [0, 0.05) is 18.6 Å². The van der Waals surface area contributed by atoms with Crippen LogP contribution in [0.25, 0.3) is 0 Å². The summed E-state index contributed by atoms with van der Waals surface area (Å²) in [5, 5.41) is 3.55. The maximum Gasteiger partial charge on any atom is 0.0481 e. The third-order valence-electron chi connectivity index (χ3n) is 5.18. The number of fused-ring (bicyclic) bond motifs is 1. The largest absolute Gasteiger partial charge is 0.312 e. The standard InChI is InChI=1S/C17H26N2/c1-12(2)14-8-9-19(11-14)16-10-13-6-4-5-7-15(13)17(16)18-3/h4-7,12,14,16-18H,8-11H2,1-3H3. The lowest BCUT2D eigenvalue weighted by Crippen LogP contribution is -2.41. The van der Waals surface area contributed by atoms with Crippen LogP contribution < -0.4 is 5.32 Å². The predicted octanol–water partition coefficient (Wildman–Crippen LogP) is 2.85. The molecule has 2 heteroatoms. The van der Waals surface area contributed by atoms with Gasteiger partial charge in [-0.05, 0) is 49.4 Å². The highest BCUT2D eigenvalue weighted by Crippen LogP contribution is 2.37. The van der Waals surface area contributed by atoms with Crippen molar-refractivity contribution in [2.75, 3.05) is 20.1 Å². The summed E-state index contributed by atoms with van der Waals surface area (Å²) in [4.78, 5) is 2.73. The second-order valence-electron chi connectivity index (χ2n) is 6.52. The van der Waals surface area contributed by atoms with E-state index >= 15 is 0 Å². The van der Waals surface area contributed by atoms with Gasteiger partial charge in [0.2, 0.25) is 0 Å². The highest BCUT2D eigenvalue weighted by molar-refractivity contribution is 5.37. The molecule has 1 aromatic carbocycles. The normalized spacial score (nSPS) is 31.1. The van der Waals surface area contributed by atoms with Gasteiger partial charge in [-0.2, -0.15) is 0 Å². The summed E-state index contributed by atoms with van der Waals surface area (Å²) in [6.45, 7) is 7.30. The van der Waals surface area contributed by atoms with Crippen LogP contribution in [0.1, 0.15) is 37.4 Å². The minimum atomic E-state index is 0.516. The Morgan fingerprint density at radius 2 is 2.05 bits per heavy atom. The van der Waals surface area contributed by atoms with Crippen LogP contribution in [0.15, 0.2) is 24.3 Å². The molecule has 1 aliphatic heterocycles. The minimum Gasteiger partial charge on any atom is -0.312 e. The Balaban J connectivity index is 1.77. The summed E-state index contributed by atoms with van der Waals surface area (Å²) in [6.07, 6.45) is 2.59. The van der Waals surface area contributed by atoms with E-state index in [1.807, 2.05) is 0 Å². The maximum absolute atomic E-state index is 3.55. The van der Waals surface area contributed by atoms with E-state index in [1.165, 1.54) is 31.5 Å². The molecule has 1 aromatic rings. The van der Waals surface area contributed by atoms with Gasteiger partial charge in [-0.1, -0.05) is 38.1 Å². The van der Waals surface area contributed by atoms with Crippen molar-refractivity contribution < 1.29 is 0 Å². The molecule has 104 valence electrons. The lowest BCUT2D eigenvalue weighted by molar-refractivity contribution is 0.195. The number of hydrogen-bond donors (Lipinski definition) is 1. The van der Waals surface area contributed by atoms with E-state index in [4.69, 9.17) is 0 Å². The first-order chi connectivity index (χ1) is 9.20. The van der Waals surface area contributed by atoms with Crippen molar-refractivity contribution in [3.63, 3.8) is 0 Å². The molecule has 0 spiro atoms. The highest BCUT2D eigenvalue weighted by Gasteiger charge is 2.38. The van der Waals surface area contributed by atoms with Crippen LogP contribution in [0, 0.1) is 11.8 Å². The van der Waals surface area contributed by atoms with Crippen LogP contribution in [0.4, 0.5) is 0 Å². The van der Waals surface area contributed by atoms with Gasteiger partial charge in [-0.3, -0.25) is 4.90 Å². The second-order valence-corrected chi connectivity index (χ2v) is 6.52. The molecule has 1 heterocycles. The Morgan fingerprint density at radius 3 is 2.74 bits per heavy atom. The summed E-state index contributed by atoms with van der Waals surface area (Å²) in [5.41, 5.74) is 3.06. The summed E-state index contributed by atoms with van der Waals surface area (Å²) < 4.78 is 0. The van der Waals surface area contributed by atoms with Crippen LogP contribution in [0.2, 0.25) is 0 Å². The molecule has 1 N–H and O–H groups in total. The summed E-state index contributed by atoms with van der Waals surface area (Å²) in [6, 6.07) is 10.1. The van der Waals surface area contributed by atoms with E-state index in [-0.39, 0.29) is 0 Å². The first-order valence-corrected chi connectivity index (χ1v) is 7.70. The van der Waals surface area contributed by atoms with E-state index in [9.17, 15) is 0 Å². The van der Waals surface area contributed by atoms with Gasteiger partial charge in [0.1, 0.15) is 0 Å². The van der Waals surface area contributed by atoms with E-state index in [0.717, 1.165) is 11.8 Å². The molecule has 2 nitrogen and oxygen atoms in total. The fraction of sp³-hybridized carbons (Fsp3) is 0.647. The van der Waals surface area contributed by atoms with Crippen molar-refractivity contribution in [1.29, 1.82) is 0 Å². The topological polar surface area (TPSA) is 15.3 Å². The molecule has 0 saturated carbocycles. The quantitative estimate of drug-likeness (QED) is 0.897. The molecule has 2 aliphatic rings. The van der Waals surface area contributed by atoms with Crippen LogP contribution >= 0.6 is 0 Å². The van der Waals surface area contributed by atoms with E-state index < -0.39 is 0 Å². The van der Waals surface area contributed by atoms with E-state index in [2.05, 4.69) is 55.4 Å². The number of hydrogen-bond acceptors (Lipinski definition) is 2. The molecule has 1 saturated heterocycles. The van der Waals surface area contributed by atoms with Crippen LogP contribution in [-0.4, -0.2) is 31.1 Å². The molecule has 3 unspecified atom stereocenters. The van der Waals surface area contributed by atoms with Crippen molar-refractivity contribution in [1.82, 2.24) is 10.2 Å². The SMILES string of the molecule is CNC1c2ccccc2CC1N1CCC(C(C)C)C1. The molecule has 19 heavy (non-hydrogen) atoms. The fourth-order valence-corrected chi connectivity index (χ4v) is 3.92. The lowest BCUT2D eigenvalue weighted by atomic mass is 9.95. The first kappa shape index (κ1) is 13.1. The smallest absolute Gasteiger partial charge is 0.0481 e. The molecule has 1 aliphatic carbocycles. The summed E-state index contributed by atoms with van der Waals surface area (Å²) in [5.74, 6) is 1.71. The highest BCUT2D eigenvalue weighted by atomic mass is 15.2. The summed E-state index contributed by atoms with van der Waals surface area (Å²) in [7, 11) is 2.11. The fourth-order valence-electron chi connectivity index (χ4n) is 3.92. The molecule has 0 amide bonds. The van der Waals surface area contributed by atoms with Crippen molar-refractivity contribution in [2.45, 2.75) is 38.8 Å². The van der Waals surface area contributed by atoms with Crippen LogP contribution in [0.5, 0.6) is 0 Å². The Labute approximate surface area is 117 Å². The third kappa shape index (κ3) is 2.32. The lowest BCUT2D eigenvalue weighted by Gasteiger charge is -2.30. The molecule has 1 fully saturated rings. The number of nitrogens with zero attached hydrogens (tertiary/aromatic N) is 1. The zero-order valence-electron chi connectivity index (χ0n) is 12.4. The minimum absolute atomic E-state index is 0.516. The molecule has 0 aromatic heterocycles. The molecule has 3 rings (SSSR count). The maximum atomic E-state index is 3.55. The number of benzene rings is 1. The van der Waals surface area contributed by atoms with Crippen molar-refractivity contribution in [3.8, 4) is 0 Å². The van der Waals surface area contributed by atoms with Gasteiger partial charge in [0.05, 0.1) is 0 Å². The van der Waals surface area contributed by atoms with Crippen LogP contribution in [0.3, 0.4) is 0 Å². The summed E-state index contributed by atoms with van der Waals surface area (Å²) >= 11 is 0. The predicted molar refractivity (Wildman–Crippen MR) is 80.3 cm³/mol. The third-order valence-corrected chi connectivity index (χ3v) is 5.18. The molecular formula is C17H26N2. The second kappa shape index (κ2) is 5.26. The van der Waals surface area contributed by atoms with Crippen LogP contribution in [-0.2, 0) is 6.42 Å². The Hall–Kier alpha value is -0.860. The zero-order chi connectivity index (χ0) is 13.4. The molecule has 0 bridgehead atoms. The van der Waals surface area contributed by atoms with E-state index in [1.54, 1.807) is 5.56 Å². The number of likely N-dealkylation sites (tertiary alicyclic amines) is 1. The average Bonchev–Trinajstić information content (AvgIpc) is 3.02. The van der Waals surface area contributed by atoms with Crippen molar-refractivity contribution in [3.05, 3.63) is 35.4 Å². The van der Waals surface area contributed by atoms with Gasteiger partial charge < -0.3 is 5.32 Å². The Bertz CT molecular complexity index is 441. The number of likely N-dealkylation sites (N-methyl/N-ethyl adjacent to an activating group) is 1. The molecule has 3 atom stereocenters. The molecular weight excluding hydrogens is 232 g/mol. The zero-order valence-corrected chi connectivity index (χ0v) is 12.4. The monoisotopic (exact) mass is 258 g/mol. The number of nitrogens with one attached hydrogen (secondary N) is 1. The van der Waals surface area contributed by atoms with E-state index in [0.29, 0.717) is 12.1 Å². The number of rotatable bonds is 3.